The molecule has 1 saturated carbocycles. The van der Waals surface area contributed by atoms with E-state index in [1.807, 2.05) is 6.92 Å². The topological polar surface area (TPSA) is 101 Å². The molecule has 30 heavy (non-hydrogen) atoms. The molecule has 1 aliphatic carbocycles. The van der Waals surface area contributed by atoms with Crippen LogP contribution < -0.4 is 21.4 Å². The van der Waals surface area contributed by atoms with Crippen LogP contribution in [0.5, 0.6) is 0 Å². The summed E-state index contributed by atoms with van der Waals surface area (Å²) in [5.74, 6) is -3.26. The number of carbonyl (C=O) groups is 1. The third kappa shape index (κ3) is 3.21. The maximum absolute atomic E-state index is 15.7. The van der Waals surface area contributed by atoms with Crippen molar-refractivity contribution in [2.45, 2.75) is 45.2 Å². The number of benzene rings is 1. The number of nitrogens with two attached hydrogens (primary N) is 1. The van der Waals surface area contributed by atoms with Crippen molar-refractivity contribution in [1.82, 2.24) is 9.88 Å². The van der Waals surface area contributed by atoms with Gasteiger partial charge in [0.2, 0.25) is 5.43 Å². The Morgan fingerprint density at radius 2 is 2.07 bits per heavy atom. The summed E-state index contributed by atoms with van der Waals surface area (Å²) in [6.45, 7) is 5.87. The number of aromatic carboxylic acids is 1. The molecule has 1 aliphatic heterocycles. The fraction of sp³-hybridized carbons (Fsp3) is 0.524. The van der Waals surface area contributed by atoms with Crippen LogP contribution in [0.4, 0.5) is 20.3 Å². The summed E-state index contributed by atoms with van der Waals surface area (Å²) in [5.41, 5.74) is 4.12. The van der Waals surface area contributed by atoms with E-state index in [2.05, 4.69) is 12.2 Å². The van der Waals surface area contributed by atoms with Crippen molar-refractivity contribution in [3.63, 3.8) is 0 Å². The molecule has 9 heteroatoms. The van der Waals surface area contributed by atoms with Crippen LogP contribution in [0.15, 0.2) is 10.9 Å². The molecule has 1 aromatic carbocycles. The van der Waals surface area contributed by atoms with E-state index in [1.54, 1.807) is 4.90 Å². The first-order valence-corrected chi connectivity index (χ1v) is 10.3. The number of hydrogen-bond acceptors (Lipinski definition) is 5. The van der Waals surface area contributed by atoms with Crippen LogP contribution in [-0.2, 0) is 0 Å². The molecular weight excluding hydrogens is 394 g/mol. The summed E-state index contributed by atoms with van der Waals surface area (Å²) in [4.78, 5) is 26.0. The second kappa shape index (κ2) is 7.54. The van der Waals surface area contributed by atoms with Crippen LogP contribution in [0.2, 0.25) is 0 Å². The lowest BCUT2D eigenvalue weighted by Gasteiger charge is -2.25. The molecule has 4 N–H and O–H groups in total. The molecule has 2 fully saturated rings. The van der Waals surface area contributed by atoms with Crippen LogP contribution in [0.25, 0.3) is 10.9 Å². The van der Waals surface area contributed by atoms with Gasteiger partial charge in [-0.1, -0.05) is 6.92 Å². The average Bonchev–Trinajstić information content (AvgIpc) is 3.39. The highest BCUT2D eigenvalue weighted by atomic mass is 19.1. The standard InChI is InChI=1S/C21H26F2N4O3/c1-3-25-10(2)11-6-7-26(9-11)18-14(22)8-13-17(16(18)23)27(12-4-5-12)20(24)15(19(13)28)21(29)30/h8,10-12,25H,3-7,9,24H2,1-2H3,(H,29,30). The van der Waals surface area contributed by atoms with Crippen LogP contribution in [0, 0.1) is 17.6 Å². The first kappa shape index (κ1) is 20.6. The smallest absolute Gasteiger partial charge is 0.343 e. The Balaban J connectivity index is 1.88. The predicted octanol–water partition coefficient (Wildman–Crippen LogP) is 2.72. The molecule has 2 unspecified atom stereocenters. The Kier molecular flexibility index (Phi) is 5.17. The van der Waals surface area contributed by atoms with Crippen molar-refractivity contribution in [2.24, 2.45) is 5.92 Å². The number of nitrogen functional groups attached to an aromatic ring is 1. The third-order valence-electron chi connectivity index (χ3n) is 6.30. The Bertz CT molecular complexity index is 1080. The average molecular weight is 420 g/mol. The largest absolute Gasteiger partial charge is 0.477 e. The number of hydrogen-bond donors (Lipinski definition) is 3. The second-order valence-electron chi connectivity index (χ2n) is 8.25. The number of fused-ring (bicyclic) bond motifs is 1. The van der Waals surface area contributed by atoms with Gasteiger partial charge in [0.25, 0.3) is 0 Å². The summed E-state index contributed by atoms with van der Waals surface area (Å²) >= 11 is 0. The lowest BCUT2D eigenvalue weighted by atomic mass is 10.0. The molecule has 0 radical (unpaired) electrons. The number of halogens is 2. The maximum atomic E-state index is 15.7. The minimum Gasteiger partial charge on any atom is -0.477 e. The van der Waals surface area contributed by atoms with Gasteiger partial charge in [-0.2, -0.15) is 0 Å². The van der Waals surface area contributed by atoms with Gasteiger partial charge < -0.3 is 25.6 Å². The lowest BCUT2D eigenvalue weighted by Crippen LogP contribution is -2.35. The van der Waals surface area contributed by atoms with Crippen molar-refractivity contribution >= 4 is 28.4 Å². The molecule has 2 aliphatic rings. The van der Waals surface area contributed by atoms with E-state index >= 15 is 8.78 Å². The number of pyridine rings is 1. The number of anilines is 2. The zero-order chi connectivity index (χ0) is 21.7. The molecule has 0 spiro atoms. The maximum Gasteiger partial charge on any atom is 0.343 e. The van der Waals surface area contributed by atoms with E-state index in [0.717, 1.165) is 19.0 Å². The quantitative estimate of drug-likeness (QED) is 0.664. The fourth-order valence-electron chi connectivity index (χ4n) is 4.59. The van der Waals surface area contributed by atoms with Crippen molar-refractivity contribution in [3.8, 4) is 0 Å². The van der Waals surface area contributed by atoms with E-state index in [-0.39, 0.29) is 40.4 Å². The third-order valence-corrected chi connectivity index (χ3v) is 6.30. The molecule has 1 saturated heterocycles. The normalized spacial score (nSPS) is 20.1. The Labute approximate surface area is 172 Å². The van der Waals surface area contributed by atoms with Gasteiger partial charge in [-0.15, -0.1) is 0 Å². The number of aromatic nitrogens is 1. The molecule has 162 valence electrons. The van der Waals surface area contributed by atoms with Gasteiger partial charge in [-0.05, 0) is 44.7 Å². The van der Waals surface area contributed by atoms with Crippen LogP contribution in [0.3, 0.4) is 0 Å². The lowest BCUT2D eigenvalue weighted by molar-refractivity contribution is 0.0696. The van der Waals surface area contributed by atoms with E-state index in [1.165, 1.54) is 4.57 Å². The van der Waals surface area contributed by atoms with E-state index in [9.17, 15) is 14.7 Å². The van der Waals surface area contributed by atoms with Gasteiger partial charge >= 0.3 is 5.97 Å². The van der Waals surface area contributed by atoms with Crippen molar-refractivity contribution in [2.75, 3.05) is 30.3 Å². The highest BCUT2D eigenvalue weighted by molar-refractivity contribution is 5.99. The van der Waals surface area contributed by atoms with Gasteiger partial charge in [0.15, 0.2) is 5.82 Å². The number of carboxylic acid groups (broad SMARTS) is 1. The van der Waals surface area contributed by atoms with Gasteiger partial charge in [-0.25, -0.2) is 13.6 Å². The number of nitrogens with one attached hydrogen (secondary N) is 1. The Morgan fingerprint density at radius 1 is 1.37 bits per heavy atom. The zero-order valence-corrected chi connectivity index (χ0v) is 17.0. The molecule has 4 rings (SSSR count). The van der Waals surface area contributed by atoms with Crippen molar-refractivity contribution < 1.29 is 18.7 Å². The monoisotopic (exact) mass is 420 g/mol. The van der Waals surface area contributed by atoms with Crippen molar-refractivity contribution in [3.05, 3.63) is 33.5 Å². The first-order valence-electron chi connectivity index (χ1n) is 10.3. The molecule has 2 atom stereocenters. The van der Waals surface area contributed by atoms with E-state index < -0.39 is 28.6 Å². The zero-order valence-electron chi connectivity index (χ0n) is 17.0. The highest BCUT2D eigenvalue weighted by Crippen LogP contribution is 2.42. The van der Waals surface area contributed by atoms with Crippen molar-refractivity contribution in [1.29, 1.82) is 0 Å². The summed E-state index contributed by atoms with van der Waals surface area (Å²) in [6, 6.07) is 0.978. The second-order valence-corrected chi connectivity index (χ2v) is 8.25. The number of rotatable bonds is 6. The number of carboxylic acids is 1. The summed E-state index contributed by atoms with van der Waals surface area (Å²) in [6.07, 6.45) is 2.18. The SMILES string of the molecule is CCNC(C)C1CCN(c2c(F)cc3c(=O)c(C(=O)O)c(N)n(C4CC4)c3c2F)C1. The highest BCUT2D eigenvalue weighted by Gasteiger charge is 2.35. The van der Waals surface area contributed by atoms with Crippen LogP contribution in [-0.4, -0.2) is 41.3 Å². The van der Waals surface area contributed by atoms with Gasteiger partial charge in [0, 0.05) is 25.2 Å². The molecule has 2 aromatic rings. The van der Waals surface area contributed by atoms with Gasteiger partial charge in [0.1, 0.15) is 22.9 Å². The summed E-state index contributed by atoms with van der Waals surface area (Å²) < 4.78 is 32.2. The molecule has 0 bridgehead atoms. The Morgan fingerprint density at radius 3 is 2.67 bits per heavy atom. The summed E-state index contributed by atoms with van der Waals surface area (Å²) in [5, 5.41) is 12.5. The van der Waals surface area contributed by atoms with Crippen LogP contribution >= 0.6 is 0 Å². The molecule has 1 aromatic heterocycles. The fourth-order valence-corrected chi connectivity index (χ4v) is 4.59. The number of nitrogens with zero attached hydrogens (tertiary/aromatic N) is 2. The van der Waals surface area contributed by atoms with E-state index in [0.29, 0.717) is 25.9 Å². The predicted molar refractivity (Wildman–Crippen MR) is 111 cm³/mol. The summed E-state index contributed by atoms with van der Waals surface area (Å²) in [7, 11) is 0. The van der Waals surface area contributed by atoms with Gasteiger partial charge in [-0.3, -0.25) is 4.79 Å². The molecule has 2 heterocycles. The Hall–Kier alpha value is -2.68. The van der Waals surface area contributed by atoms with Crippen LogP contribution in [0.1, 0.15) is 49.5 Å². The minimum absolute atomic E-state index is 0.107. The van der Waals surface area contributed by atoms with E-state index in [4.69, 9.17) is 5.73 Å². The minimum atomic E-state index is -1.50. The van der Waals surface area contributed by atoms with Gasteiger partial charge in [0.05, 0.1) is 10.9 Å². The first-order chi connectivity index (χ1) is 14.3. The molecular formula is C21H26F2N4O3. The molecule has 7 nitrogen and oxygen atoms in total. The molecule has 0 amide bonds.